The number of thioether (sulfide) groups is 2. The van der Waals surface area contributed by atoms with Crippen molar-refractivity contribution in [2.24, 2.45) is 17.8 Å². The van der Waals surface area contributed by atoms with Gasteiger partial charge in [-0.3, -0.25) is 0 Å². The Kier molecular flexibility index (Phi) is 17.9. The van der Waals surface area contributed by atoms with Crippen LogP contribution in [0.1, 0.15) is 88.8 Å². The molecule has 2 aliphatic heterocycles. The molecule has 12 nitrogen and oxygen atoms in total. The van der Waals surface area contributed by atoms with Gasteiger partial charge < -0.3 is 10.6 Å². The molecule has 2 saturated carbocycles. The molecular weight excluding hydrogens is 928 g/mol. The van der Waals surface area contributed by atoms with E-state index in [1.54, 1.807) is 40.5 Å². The molecule has 4 aliphatic rings. The number of aryl methyl sites for hydroxylation is 2. The number of fused-ring (bicyclic) bond motifs is 6. The van der Waals surface area contributed by atoms with Crippen LogP contribution in [-0.2, 0) is 33.3 Å². The predicted octanol–water partition coefficient (Wildman–Crippen LogP) is 9.60. The Morgan fingerprint density at radius 1 is 0.625 bits per heavy atom. The van der Waals surface area contributed by atoms with E-state index in [0.29, 0.717) is 63.1 Å². The molecular formula is C45H65FN8O4S6. The maximum atomic E-state index is 13.9. The van der Waals surface area contributed by atoms with Gasteiger partial charge in [0.25, 0.3) is 20.4 Å². The Hall–Kier alpha value is -2.33. The summed E-state index contributed by atoms with van der Waals surface area (Å²) in [7, 11) is -6.73. The summed E-state index contributed by atoms with van der Waals surface area (Å²) < 4.78 is 71.8. The number of hydrogen-bond donors (Lipinski definition) is 4. The lowest BCUT2D eigenvalue weighted by Crippen LogP contribution is -2.43. The van der Waals surface area contributed by atoms with Gasteiger partial charge in [0.15, 0.2) is 10.3 Å². The van der Waals surface area contributed by atoms with E-state index in [1.807, 2.05) is 45.5 Å². The van der Waals surface area contributed by atoms with Crippen molar-refractivity contribution in [2.45, 2.75) is 108 Å². The first kappa shape index (κ1) is 49.6. The Morgan fingerprint density at radius 2 is 1.11 bits per heavy atom. The summed E-state index contributed by atoms with van der Waals surface area (Å²) in [5.41, 5.74) is 4.23. The van der Waals surface area contributed by atoms with Crippen LogP contribution >= 0.6 is 46.2 Å². The predicted molar refractivity (Wildman–Crippen MR) is 267 cm³/mol. The van der Waals surface area contributed by atoms with E-state index in [0.717, 1.165) is 114 Å². The second-order valence-corrected chi connectivity index (χ2v) is 24.9. The molecule has 8 rings (SSSR count). The molecule has 64 heavy (non-hydrogen) atoms. The molecule has 0 saturated heterocycles. The van der Waals surface area contributed by atoms with Crippen LogP contribution in [0.2, 0.25) is 0 Å². The number of hydrogen-bond acceptors (Lipinski definition) is 12. The van der Waals surface area contributed by atoms with Gasteiger partial charge in [0, 0.05) is 94.0 Å². The average molecular weight is 993 g/mol. The molecule has 0 amide bonds. The molecule has 4 aromatic rings. The summed E-state index contributed by atoms with van der Waals surface area (Å²) in [6.45, 7) is 11.4. The Morgan fingerprint density at radius 3 is 1.69 bits per heavy atom. The Labute approximate surface area is 397 Å². The van der Waals surface area contributed by atoms with E-state index in [4.69, 9.17) is 9.97 Å². The van der Waals surface area contributed by atoms with Crippen molar-refractivity contribution in [3.8, 4) is 22.5 Å². The van der Waals surface area contributed by atoms with Gasteiger partial charge in [0.05, 0.1) is 11.4 Å². The van der Waals surface area contributed by atoms with Gasteiger partial charge in [-0.25, -0.2) is 23.8 Å². The van der Waals surface area contributed by atoms with Crippen molar-refractivity contribution < 1.29 is 21.2 Å². The molecule has 2 fully saturated rings. The maximum Gasteiger partial charge on any atom is 0.279 e. The fourth-order valence-corrected chi connectivity index (χ4v) is 16.0. The summed E-state index contributed by atoms with van der Waals surface area (Å²) in [6.07, 6.45) is 10.4. The highest BCUT2D eigenvalue weighted by atomic mass is 32.2. The van der Waals surface area contributed by atoms with E-state index in [1.165, 1.54) is 34.9 Å². The molecule has 0 atom stereocenters. The molecule has 19 heteroatoms. The fraction of sp³-hybridized carbons (Fsp3) is 0.600. The second-order valence-electron chi connectivity index (χ2n) is 16.9. The SMILES string of the molecule is CCN(CC)S(=O)(=O)NCC1CCC(CNc2nc3c(s2)CCSc2ccc(F)cc2-3)CC1.CCN(CC)S(=O)(=O)NCC1CCC(Nc2nc3c(s2)CCSc2ccccc2-3)CC1. The van der Waals surface area contributed by atoms with Crippen LogP contribution in [-0.4, -0.2) is 98.8 Å². The minimum absolute atomic E-state index is 0.221. The minimum atomic E-state index is -3.37. The van der Waals surface area contributed by atoms with Crippen LogP contribution in [0.15, 0.2) is 52.3 Å². The van der Waals surface area contributed by atoms with Gasteiger partial charge in [-0.15, -0.1) is 46.2 Å². The number of aromatic nitrogens is 2. The van der Waals surface area contributed by atoms with Crippen molar-refractivity contribution in [1.82, 2.24) is 28.0 Å². The highest BCUT2D eigenvalue weighted by Gasteiger charge is 2.28. The third-order valence-corrected chi connectivity index (χ3v) is 20.5. The van der Waals surface area contributed by atoms with Crippen LogP contribution in [0.3, 0.4) is 0 Å². The number of nitrogens with one attached hydrogen (secondary N) is 4. The monoisotopic (exact) mass is 992 g/mol. The van der Waals surface area contributed by atoms with E-state index in [-0.39, 0.29) is 5.82 Å². The number of benzene rings is 2. The molecule has 4 N–H and O–H groups in total. The lowest BCUT2D eigenvalue weighted by Gasteiger charge is -2.29. The zero-order valence-electron chi connectivity index (χ0n) is 37.5. The van der Waals surface area contributed by atoms with Crippen LogP contribution in [0.25, 0.3) is 22.5 Å². The molecule has 0 unspecified atom stereocenters. The first-order valence-electron chi connectivity index (χ1n) is 23.0. The molecule has 0 bridgehead atoms. The number of thiazole rings is 2. The summed E-state index contributed by atoms with van der Waals surface area (Å²) >= 11 is 7.16. The minimum Gasteiger partial charge on any atom is -0.361 e. The van der Waals surface area contributed by atoms with Gasteiger partial charge in [0.2, 0.25) is 0 Å². The number of halogens is 1. The van der Waals surface area contributed by atoms with Crippen molar-refractivity contribution in [3.63, 3.8) is 0 Å². The first-order valence-corrected chi connectivity index (χ1v) is 29.5. The van der Waals surface area contributed by atoms with E-state index in [2.05, 4.69) is 44.3 Å². The number of nitrogens with zero attached hydrogens (tertiary/aromatic N) is 4. The van der Waals surface area contributed by atoms with Crippen LogP contribution in [0.4, 0.5) is 14.7 Å². The lowest BCUT2D eigenvalue weighted by molar-refractivity contribution is 0.282. The fourth-order valence-electron chi connectivity index (χ4n) is 9.02. The smallest absolute Gasteiger partial charge is 0.279 e. The Balaban J connectivity index is 0.000000192. The summed E-state index contributed by atoms with van der Waals surface area (Å²) in [5, 5.41) is 9.14. The van der Waals surface area contributed by atoms with E-state index in [9.17, 15) is 21.2 Å². The van der Waals surface area contributed by atoms with Gasteiger partial charge in [-0.2, -0.15) is 25.4 Å². The zero-order chi connectivity index (χ0) is 45.3. The van der Waals surface area contributed by atoms with Crippen molar-refractivity contribution in [3.05, 3.63) is 58.0 Å². The molecule has 352 valence electrons. The van der Waals surface area contributed by atoms with Crippen molar-refractivity contribution >= 4 is 76.9 Å². The summed E-state index contributed by atoms with van der Waals surface area (Å²) in [6, 6.07) is 14.0. The van der Waals surface area contributed by atoms with Gasteiger partial charge in [0.1, 0.15) is 5.82 Å². The number of rotatable bonds is 17. The largest absolute Gasteiger partial charge is 0.361 e. The maximum absolute atomic E-state index is 13.9. The van der Waals surface area contributed by atoms with Crippen molar-refractivity contribution in [1.29, 1.82) is 0 Å². The van der Waals surface area contributed by atoms with E-state index >= 15 is 0 Å². The lowest BCUT2D eigenvalue weighted by atomic mass is 9.82. The van der Waals surface area contributed by atoms with Gasteiger partial charge >= 0.3 is 0 Å². The molecule has 2 aromatic carbocycles. The van der Waals surface area contributed by atoms with E-state index < -0.39 is 20.4 Å². The molecule has 0 radical (unpaired) electrons. The zero-order valence-corrected chi connectivity index (χ0v) is 42.4. The summed E-state index contributed by atoms with van der Waals surface area (Å²) in [4.78, 5) is 14.8. The topological polar surface area (TPSA) is 149 Å². The third-order valence-electron chi connectivity index (χ3n) is 12.8. The van der Waals surface area contributed by atoms with Crippen LogP contribution in [0, 0.1) is 23.6 Å². The molecule has 4 heterocycles. The van der Waals surface area contributed by atoms with Gasteiger partial charge in [-0.05, 0) is 106 Å². The second kappa shape index (κ2) is 23.1. The molecule has 2 aromatic heterocycles. The Bertz CT molecular complexity index is 2360. The molecule has 0 spiro atoms. The molecule has 2 aliphatic carbocycles. The third kappa shape index (κ3) is 12.8. The first-order chi connectivity index (χ1) is 30.9. The quantitative estimate of drug-likeness (QED) is 0.0806. The highest BCUT2D eigenvalue weighted by molar-refractivity contribution is 7.99. The average Bonchev–Trinajstić information content (AvgIpc) is 3.80. The standard InChI is InChI=1S/C23H33FN4O2S3.C22H32N4O2S3/c1-3-28(4-2)33(29,30)26-15-17-7-5-16(6-8-17)14-25-23-27-22-19-13-18(24)9-10-20(19)31-12-11-21(22)32-23;1-3-26(4-2)31(27,28)23-15-16-9-11-17(12-10-16)24-22-25-21-18-7-5-6-8-19(18)29-14-13-20(21)30-22/h9-10,13,16-17,26H,3-8,11-12,14-15H2,1-2H3,(H,25,27);5-8,16-17,23H,3-4,9-15H2,1-2H3,(H,24,25). The number of anilines is 2. The van der Waals surface area contributed by atoms with Gasteiger partial charge in [-0.1, -0.05) is 45.9 Å². The van der Waals surface area contributed by atoms with Crippen molar-refractivity contribution in [2.75, 3.05) is 68.0 Å². The summed E-state index contributed by atoms with van der Waals surface area (Å²) in [5.74, 6) is 3.22. The van der Waals surface area contributed by atoms with Crippen LogP contribution < -0.4 is 20.1 Å². The van der Waals surface area contributed by atoms with Crippen LogP contribution in [0.5, 0.6) is 0 Å². The highest BCUT2D eigenvalue weighted by Crippen LogP contribution is 2.43. The normalized spacial score (nSPS) is 21.1.